The van der Waals surface area contributed by atoms with Crippen molar-refractivity contribution < 1.29 is 4.79 Å². The Hall–Kier alpha value is -1.04. The molecule has 0 aromatic rings. The maximum absolute atomic E-state index is 12.1. The Morgan fingerprint density at radius 1 is 1.22 bits per heavy atom. The maximum Gasteiger partial charge on any atom is 0.222 e. The van der Waals surface area contributed by atoms with Crippen LogP contribution in [0.15, 0.2) is 0 Å². The largest absolute Gasteiger partial charge is 0.343 e. The molecule has 0 N–H and O–H groups in total. The summed E-state index contributed by atoms with van der Waals surface area (Å²) in [5, 5.41) is 8.87. The van der Waals surface area contributed by atoms with Crippen molar-refractivity contribution in [3.63, 3.8) is 0 Å². The number of amides is 1. The van der Waals surface area contributed by atoms with Gasteiger partial charge in [-0.05, 0) is 38.0 Å². The molecule has 100 valence electrons. The zero-order valence-electron chi connectivity index (χ0n) is 11.4. The number of nitriles is 1. The van der Waals surface area contributed by atoms with Crippen LogP contribution in [-0.4, -0.2) is 23.9 Å². The van der Waals surface area contributed by atoms with E-state index in [9.17, 15) is 4.79 Å². The molecular formula is C15H24N2O. The van der Waals surface area contributed by atoms with Gasteiger partial charge in [-0.15, -0.1) is 0 Å². The molecule has 0 unspecified atom stereocenters. The van der Waals surface area contributed by atoms with E-state index in [-0.39, 0.29) is 5.92 Å². The minimum Gasteiger partial charge on any atom is -0.343 e. The summed E-state index contributed by atoms with van der Waals surface area (Å²) in [6.07, 6.45) is 9.73. The van der Waals surface area contributed by atoms with Gasteiger partial charge in [-0.1, -0.05) is 19.3 Å². The molecule has 0 heterocycles. The average molecular weight is 248 g/mol. The normalized spacial score (nSPS) is 28.2. The summed E-state index contributed by atoms with van der Waals surface area (Å²) in [6, 6.07) is 2.72. The van der Waals surface area contributed by atoms with Crippen molar-refractivity contribution in [2.45, 2.75) is 63.8 Å². The van der Waals surface area contributed by atoms with Crippen molar-refractivity contribution in [3.05, 3.63) is 0 Å². The van der Waals surface area contributed by atoms with E-state index in [1.807, 2.05) is 11.9 Å². The van der Waals surface area contributed by atoms with Gasteiger partial charge in [0.2, 0.25) is 5.91 Å². The van der Waals surface area contributed by atoms with Crippen LogP contribution in [-0.2, 0) is 4.79 Å². The molecule has 2 aliphatic rings. The van der Waals surface area contributed by atoms with Gasteiger partial charge in [-0.3, -0.25) is 4.79 Å². The minimum atomic E-state index is 0.222. The van der Waals surface area contributed by atoms with Crippen LogP contribution in [0.25, 0.3) is 0 Å². The SMILES string of the molecule is CN(C(=O)CCC1CCC1)C1CCC(C#N)CC1. The Labute approximate surface area is 110 Å². The number of carbonyl (C=O) groups is 1. The van der Waals surface area contributed by atoms with Crippen LogP contribution < -0.4 is 0 Å². The third-order valence-corrected chi connectivity index (χ3v) is 4.81. The van der Waals surface area contributed by atoms with Crippen LogP contribution in [0.4, 0.5) is 0 Å². The molecule has 0 aromatic heterocycles. The highest BCUT2D eigenvalue weighted by atomic mass is 16.2. The molecule has 1 amide bonds. The van der Waals surface area contributed by atoms with Crippen LogP contribution in [0.2, 0.25) is 0 Å². The molecule has 0 aliphatic heterocycles. The van der Waals surface area contributed by atoms with E-state index < -0.39 is 0 Å². The van der Waals surface area contributed by atoms with Crippen LogP contribution in [0.3, 0.4) is 0 Å². The van der Waals surface area contributed by atoms with E-state index in [0.717, 1.165) is 44.4 Å². The molecule has 0 saturated heterocycles. The highest BCUT2D eigenvalue weighted by Crippen LogP contribution is 2.31. The number of hydrogen-bond donors (Lipinski definition) is 0. The fourth-order valence-corrected chi connectivity index (χ4v) is 3.08. The predicted molar refractivity (Wildman–Crippen MR) is 70.7 cm³/mol. The van der Waals surface area contributed by atoms with Gasteiger partial charge in [0.15, 0.2) is 0 Å². The summed E-state index contributed by atoms with van der Waals surface area (Å²) in [4.78, 5) is 14.0. The summed E-state index contributed by atoms with van der Waals surface area (Å²) in [7, 11) is 1.94. The maximum atomic E-state index is 12.1. The number of hydrogen-bond acceptors (Lipinski definition) is 2. The predicted octanol–water partition coefficient (Wildman–Crippen LogP) is 3.11. The van der Waals surface area contributed by atoms with Crippen LogP contribution in [0, 0.1) is 23.2 Å². The van der Waals surface area contributed by atoms with E-state index >= 15 is 0 Å². The van der Waals surface area contributed by atoms with Gasteiger partial charge >= 0.3 is 0 Å². The van der Waals surface area contributed by atoms with E-state index in [2.05, 4.69) is 6.07 Å². The Morgan fingerprint density at radius 3 is 2.39 bits per heavy atom. The summed E-state index contributed by atoms with van der Waals surface area (Å²) in [5.41, 5.74) is 0. The lowest BCUT2D eigenvalue weighted by Gasteiger charge is -2.33. The average Bonchev–Trinajstić information content (AvgIpc) is 2.36. The molecule has 3 heteroatoms. The highest BCUT2D eigenvalue weighted by Gasteiger charge is 2.27. The number of rotatable bonds is 4. The topological polar surface area (TPSA) is 44.1 Å². The Morgan fingerprint density at radius 2 is 1.89 bits per heavy atom. The van der Waals surface area contributed by atoms with Crippen molar-refractivity contribution in [1.82, 2.24) is 4.90 Å². The Balaban J connectivity index is 1.71. The third-order valence-electron chi connectivity index (χ3n) is 4.81. The Bertz CT molecular complexity index is 322. The molecule has 0 atom stereocenters. The molecule has 0 aromatic carbocycles. The van der Waals surface area contributed by atoms with E-state index in [1.165, 1.54) is 19.3 Å². The van der Waals surface area contributed by atoms with Gasteiger partial charge in [-0.2, -0.15) is 5.26 Å². The lowest BCUT2D eigenvalue weighted by molar-refractivity contribution is -0.133. The Kier molecular flexibility index (Phi) is 4.63. The summed E-state index contributed by atoms with van der Waals surface area (Å²) >= 11 is 0. The fourth-order valence-electron chi connectivity index (χ4n) is 3.08. The first-order valence-electron chi connectivity index (χ1n) is 7.36. The van der Waals surface area contributed by atoms with Crippen LogP contribution >= 0.6 is 0 Å². The molecule has 3 nitrogen and oxygen atoms in total. The first-order valence-corrected chi connectivity index (χ1v) is 7.36. The molecule has 2 rings (SSSR count). The standard InChI is InChI=1S/C15H24N2O/c1-17(14-8-5-13(11-16)6-9-14)15(18)10-7-12-3-2-4-12/h12-14H,2-10H2,1H3. The van der Waals surface area contributed by atoms with Gasteiger partial charge in [0.25, 0.3) is 0 Å². The lowest BCUT2D eigenvalue weighted by Crippen LogP contribution is -2.39. The van der Waals surface area contributed by atoms with Crippen molar-refractivity contribution in [2.24, 2.45) is 11.8 Å². The molecule has 2 fully saturated rings. The third kappa shape index (κ3) is 3.25. The van der Waals surface area contributed by atoms with E-state index in [0.29, 0.717) is 11.9 Å². The van der Waals surface area contributed by atoms with Gasteiger partial charge in [0.1, 0.15) is 0 Å². The molecule has 2 saturated carbocycles. The molecule has 2 aliphatic carbocycles. The zero-order valence-corrected chi connectivity index (χ0v) is 11.4. The first kappa shape index (κ1) is 13.4. The second kappa shape index (κ2) is 6.22. The molecule has 18 heavy (non-hydrogen) atoms. The molecular weight excluding hydrogens is 224 g/mol. The second-order valence-corrected chi connectivity index (χ2v) is 5.97. The smallest absolute Gasteiger partial charge is 0.222 e. The summed E-state index contributed by atoms with van der Waals surface area (Å²) in [6.45, 7) is 0. The number of carbonyl (C=O) groups excluding carboxylic acids is 1. The summed E-state index contributed by atoms with van der Waals surface area (Å²) in [5.74, 6) is 1.35. The monoisotopic (exact) mass is 248 g/mol. The van der Waals surface area contributed by atoms with Crippen molar-refractivity contribution in [3.8, 4) is 6.07 Å². The molecule has 0 radical (unpaired) electrons. The van der Waals surface area contributed by atoms with Crippen LogP contribution in [0.5, 0.6) is 0 Å². The first-order chi connectivity index (χ1) is 8.70. The number of nitrogens with zero attached hydrogens (tertiary/aromatic N) is 2. The zero-order chi connectivity index (χ0) is 13.0. The highest BCUT2D eigenvalue weighted by molar-refractivity contribution is 5.76. The molecule has 0 bridgehead atoms. The van der Waals surface area contributed by atoms with E-state index in [4.69, 9.17) is 5.26 Å². The van der Waals surface area contributed by atoms with Gasteiger partial charge in [0.05, 0.1) is 6.07 Å². The van der Waals surface area contributed by atoms with Gasteiger partial charge in [-0.25, -0.2) is 0 Å². The summed E-state index contributed by atoms with van der Waals surface area (Å²) < 4.78 is 0. The molecule has 0 spiro atoms. The van der Waals surface area contributed by atoms with Crippen molar-refractivity contribution >= 4 is 5.91 Å². The fraction of sp³-hybridized carbons (Fsp3) is 0.867. The van der Waals surface area contributed by atoms with Gasteiger partial charge in [0, 0.05) is 25.4 Å². The van der Waals surface area contributed by atoms with Crippen molar-refractivity contribution in [2.75, 3.05) is 7.05 Å². The minimum absolute atomic E-state index is 0.222. The van der Waals surface area contributed by atoms with Crippen molar-refractivity contribution in [1.29, 1.82) is 5.26 Å². The van der Waals surface area contributed by atoms with E-state index in [1.54, 1.807) is 0 Å². The second-order valence-electron chi connectivity index (χ2n) is 5.97. The lowest BCUT2D eigenvalue weighted by atomic mass is 9.82. The quantitative estimate of drug-likeness (QED) is 0.767. The van der Waals surface area contributed by atoms with Crippen LogP contribution in [0.1, 0.15) is 57.8 Å². The van der Waals surface area contributed by atoms with Gasteiger partial charge < -0.3 is 4.90 Å².